The molecule has 2 heterocycles. The number of rotatable bonds is 8. The summed E-state index contributed by atoms with van der Waals surface area (Å²) >= 11 is 7.48. The van der Waals surface area contributed by atoms with Crippen LogP contribution in [0.3, 0.4) is 0 Å². The lowest BCUT2D eigenvalue weighted by Gasteiger charge is -2.12. The number of thioether (sulfide) groups is 1. The molecule has 0 saturated heterocycles. The number of nitrogens with one attached hydrogen (secondary N) is 3. The van der Waals surface area contributed by atoms with Crippen molar-refractivity contribution in [3.05, 3.63) is 82.2 Å². The minimum absolute atomic E-state index is 0.104. The third-order valence-electron chi connectivity index (χ3n) is 5.25. The van der Waals surface area contributed by atoms with Crippen LogP contribution in [0.5, 0.6) is 5.75 Å². The van der Waals surface area contributed by atoms with Crippen LogP contribution in [0.25, 0.3) is 28.1 Å². The monoisotopic (exact) mass is 520 g/mol. The molecule has 182 valence electrons. The molecule has 0 aliphatic heterocycles. The number of aromatic amines is 2. The van der Waals surface area contributed by atoms with Gasteiger partial charge in [0.25, 0.3) is 0 Å². The molecule has 9 nitrogen and oxygen atoms in total. The van der Waals surface area contributed by atoms with Crippen LogP contribution in [-0.2, 0) is 4.79 Å². The minimum Gasteiger partial charge on any atom is -0.494 e. The van der Waals surface area contributed by atoms with E-state index in [9.17, 15) is 9.59 Å². The number of amides is 1. The lowest BCUT2D eigenvalue weighted by atomic mass is 10.2. The van der Waals surface area contributed by atoms with Crippen LogP contribution in [0, 0.1) is 0 Å². The van der Waals surface area contributed by atoms with E-state index in [1.165, 1.54) is 11.8 Å². The van der Waals surface area contributed by atoms with E-state index < -0.39 is 0 Å². The third-order valence-corrected chi connectivity index (χ3v) is 6.42. The summed E-state index contributed by atoms with van der Waals surface area (Å²) in [6, 6.07) is 20.1. The highest BCUT2D eigenvalue weighted by Crippen LogP contribution is 2.30. The van der Waals surface area contributed by atoms with E-state index in [1.807, 2.05) is 54.0 Å². The predicted octanol–water partition coefficient (Wildman–Crippen LogP) is 4.89. The van der Waals surface area contributed by atoms with Gasteiger partial charge in [-0.3, -0.25) is 9.36 Å². The van der Waals surface area contributed by atoms with Crippen molar-refractivity contribution in [1.82, 2.24) is 24.7 Å². The Balaban J connectivity index is 1.39. The topological polar surface area (TPSA) is 118 Å². The van der Waals surface area contributed by atoms with Gasteiger partial charge in [-0.2, -0.15) is 0 Å². The molecule has 0 fully saturated rings. The highest BCUT2D eigenvalue weighted by atomic mass is 35.5. The zero-order valence-electron chi connectivity index (χ0n) is 19.1. The molecular formula is C25H21ClN6O3S. The van der Waals surface area contributed by atoms with Crippen molar-refractivity contribution in [3.8, 4) is 22.8 Å². The summed E-state index contributed by atoms with van der Waals surface area (Å²) < 4.78 is 7.45. The first-order valence-corrected chi connectivity index (χ1v) is 12.5. The average Bonchev–Trinajstić information content (AvgIpc) is 3.46. The smallest absolute Gasteiger partial charge is 0.323 e. The molecule has 0 spiro atoms. The van der Waals surface area contributed by atoms with Crippen molar-refractivity contribution in [2.45, 2.75) is 12.1 Å². The maximum atomic E-state index is 12.7. The van der Waals surface area contributed by atoms with Gasteiger partial charge in [-0.25, -0.2) is 4.79 Å². The summed E-state index contributed by atoms with van der Waals surface area (Å²) in [6.07, 6.45) is 0. The number of halogens is 1. The number of hydrogen-bond donors (Lipinski definition) is 3. The molecule has 0 aliphatic rings. The fraction of sp³-hybridized carbons (Fsp3) is 0.120. The van der Waals surface area contributed by atoms with Gasteiger partial charge in [0.15, 0.2) is 11.0 Å². The largest absolute Gasteiger partial charge is 0.494 e. The molecule has 0 radical (unpaired) electrons. The van der Waals surface area contributed by atoms with Crippen LogP contribution in [0.4, 0.5) is 5.69 Å². The Morgan fingerprint density at radius 3 is 2.64 bits per heavy atom. The molecule has 36 heavy (non-hydrogen) atoms. The second kappa shape index (κ2) is 10.3. The number of benzene rings is 3. The van der Waals surface area contributed by atoms with Gasteiger partial charge in [0.05, 0.1) is 23.4 Å². The van der Waals surface area contributed by atoms with Crippen molar-refractivity contribution in [1.29, 1.82) is 0 Å². The SMILES string of the molecule is CCOc1ccc(-n2c(SCC(=O)Nc3ccc4[nH]c(=O)[nH]c4c3)nnc2-c2cccc(Cl)c2)cc1. The van der Waals surface area contributed by atoms with Crippen LogP contribution >= 0.6 is 23.4 Å². The predicted molar refractivity (Wildman–Crippen MR) is 141 cm³/mol. The number of H-pyrrole nitrogens is 2. The van der Waals surface area contributed by atoms with Gasteiger partial charge in [0, 0.05) is 22.0 Å². The molecule has 5 rings (SSSR count). The first-order chi connectivity index (χ1) is 17.5. The van der Waals surface area contributed by atoms with Crippen molar-refractivity contribution < 1.29 is 9.53 Å². The zero-order chi connectivity index (χ0) is 25.1. The van der Waals surface area contributed by atoms with E-state index in [-0.39, 0.29) is 17.3 Å². The van der Waals surface area contributed by atoms with Crippen LogP contribution in [0.2, 0.25) is 5.02 Å². The molecule has 3 aromatic carbocycles. The molecule has 0 atom stereocenters. The Bertz CT molecular complexity index is 1590. The number of anilines is 1. The summed E-state index contributed by atoms with van der Waals surface area (Å²) in [6.45, 7) is 2.50. The first kappa shape index (κ1) is 23.7. The fourth-order valence-corrected chi connectivity index (χ4v) is 4.65. The van der Waals surface area contributed by atoms with E-state index in [1.54, 1.807) is 24.3 Å². The van der Waals surface area contributed by atoms with Gasteiger partial charge in [-0.15, -0.1) is 10.2 Å². The number of nitrogens with zero attached hydrogens (tertiary/aromatic N) is 3. The van der Waals surface area contributed by atoms with Crippen LogP contribution in [0.1, 0.15) is 6.92 Å². The van der Waals surface area contributed by atoms with Gasteiger partial charge >= 0.3 is 5.69 Å². The van der Waals surface area contributed by atoms with Crippen molar-refractivity contribution in [3.63, 3.8) is 0 Å². The zero-order valence-corrected chi connectivity index (χ0v) is 20.7. The third kappa shape index (κ3) is 5.14. The minimum atomic E-state index is -0.298. The van der Waals surface area contributed by atoms with Gasteiger partial charge < -0.3 is 20.0 Å². The van der Waals surface area contributed by atoms with Gasteiger partial charge in [0.2, 0.25) is 5.91 Å². The summed E-state index contributed by atoms with van der Waals surface area (Å²) in [4.78, 5) is 29.5. The van der Waals surface area contributed by atoms with Gasteiger partial charge in [-0.1, -0.05) is 35.5 Å². The van der Waals surface area contributed by atoms with Crippen LogP contribution in [-0.4, -0.2) is 43.0 Å². The van der Waals surface area contributed by atoms with Crippen molar-refractivity contribution in [2.24, 2.45) is 0 Å². The average molecular weight is 521 g/mol. The molecule has 5 aromatic rings. The molecule has 1 amide bonds. The number of imidazole rings is 1. The van der Waals surface area contributed by atoms with E-state index in [0.717, 1.165) is 17.0 Å². The highest BCUT2D eigenvalue weighted by molar-refractivity contribution is 7.99. The molecule has 0 saturated carbocycles. The second-order valence-corrected chi connectivity index (χ2v) is 9.13. The number of aromatic nitrogens is 5. The Hall–Kier alpha value is -4.02. The van der Waals surface area contributed by atoms with E-state index in [0.29, 0.717) is 39.3 Å². The van der Waals surface area contributed by atoms with E-state index >= 15 is 0 Å². The molecule has 2 aromatic heterocycles. The number of carbonyl (C=O) groups is 1. The quantitative estimate of drug-likeness (QED) is 0.251. The standard InChI is InChI=1S/C25H21ClN6O3S/c1-2-35-19-9-7-18(8-10-19)32-23(15-4-3-5-16(26)12-15)30-31-25(32)36-14-22(33)27-17-6-11-20-21(13-17)29-24(34)28-20/h3-13H,2,14H2,1H3,(H,27,33)(H2,28,29,34). The lowest BCUT2D eigenvalue weighted by molar-refractivity contribution is -0.113. The number of fused-ring (bicyclic) bond motifs is 1. The molecule has 0 aliphatic carbocycles. The first-order valence-electron chi connectivity index (χ1n) is 11.1. The summed E-state index contributed by atoms with van der Waals surface area (Å²) in [5, 5.41) is 12.7. The molecule has 0 unspecified atom stereocenters. The van der Waals surface area contributed by atoms with Crippen molar-refractivity contribution >= 4 is 46.0 Å². The Morgan fingerprint density at radius 2 is 1.86 bits per heavy atom. The number of carbonyl (C=O) groups excluding carboxylic acids is 1. The summed E-state index contributed by atoms with van der Waals surface area (Å²) in [7, 11) is 0. The van der Waals surface area contributed by atoms with E-state index in [2.05, 4.69) is 25.5 Å². The van der Waals surface area contributed by atoms with E-state index in [4.69, 9.17) is 16.3 Å². The Morgan fingerprint density at radius 1 is 1.06 bits per heavy atom. The lowest BCUT2D eigenvalue weighted by Crippen LogP contribution is -2.14. The molecular weight excluding hydrogens is 500 g/mol. The highest BCUT2D eigenvalue weighted by Gasteiger charge is 2.18. The van der Waals surface area contributed by atoms with Crippen LogP contribution < -0.4 is 15.7 Å². The van der Waals surface area contributed by atoms with Gasteiger partial charge in [0.1, 0.15) is 5.75 Å². The Kier molecular flexibility index (Phi) is 6.79. The molecule has 3 N–H and O–H groups in total. The molecule has 11 heteroatoms. The summed E-state index contributed by atoms with van der Waals surface area (Å²) in [5.41, 5.74) is 3.19. The van der Waals surface area contributed by atoms with Crippen molar-refractivity contribution in [2.75, 3.05) is 17.7 Å². The molecule has 0 bridgehead atoms. The maximum absolute atomic E-state index is 12.7. The number of hydrogen-bond acceptors (Lipinski definition) is 6. The second-order valence-electron chi connectivity index (χ2n) is 7.76. The normalized spacial score (nSPS) is 11.1. The maximum Gasteiger partial charge on any atom is 0.323 e. The van der Waals surface area contributed by atoms with Crippen LogP contribution in [0.15, 0.2) is 76.7 Å². The number of ether oxygens (including phenoxy) is 1. The van der Waals surface area contributed by atoms with Gasteiger partial charge in [-0.05, 0) is 61.5 Å². The summed E-state index contributed by atoms with van der Waals surface area (Å²) in [5.74, 6) is 1.24. The Labute approximate surface area is 214 Å². The fourth-order valence-electron chi connectivity index (χ4n) is 3.71.